The van der Waals surface area contributed by atoms with Gasteiger partial charge in [-0.2, -0.15) is 0 Å². The molecule has 1 heteroatoms. The van der Waals surface area contributed by atoms with Crippen LogP contribution in [0.25, 0.3) is 0 Å². The molecular weight excluding hydrogens is 182 g/mol. The number of unbranched alkanes of at least 4 members (excludes halogenated alkanes) is 1. The van der Waals surface area contributed by atoms with Crippen molar-refractivity contribution in [1.82, 2.24) is 0 Å². The normalized spacial score (nSPS) is 11.8. The Balaban J connectivity index is 2.69. The summed E-state index contributed by atoms with van der Waals surface area (Å²) in [5, 5.41) is 0. The zero-order valence-electron chi connectivity index (χ0n) is 10.1. The van der Waals surface area contributed by atoms with Gasteiger partial charge in [0.2, 0.25) is 0 Å². The van der Waals surface area contributed by atoms with Gasteiger partial charge in [-0.1, -0.05) is 38.0 Å². The van der Waals surface area contributed by atoms with Crippen molar-refractivity contribution in [3.05, 3.63) is 29.8 Å². The molecule has 82 valence electrons. The molecule has 0 amide bonds. The number of hydrogen-bond acceptors (Lipinski definition) is 1. The number of aliphatic imine (C=N–C) groups is 1. The molecule has 0 N–H and O–H groups in total. The summed E-state index contributed by atoms with van der Waals surface area (Å²) in [4.78, 5) is 4.67. The van der Waals surface area contributed by atoms with E-state index in [2.05, 4.69) is 50.0 Å². The Morgan fingerprint density at radius 3 is 2.33 bits per heavy atom. The minimum Gasteiger partial charge on any atom is -0.258 e. The average Bonchev–Trinajstić information content (AvgIpc) is 2.27. The predicted molar refractivity (Wildman–Crippen MR) is 68.1 cm³/mol. The first-order valence-electron chi connectivity index (χ1n) is 5.89. The van der Waals surface area contributed by atoms with Crippen LogP contribution in [0.3, 0.4) is 0 Å². The number of hydrogen-bond donors (Lipinski definition) is 0. The van der Waals surface area contributed by atoms with Crippen LogP contribution in [0.5, 0.6) is 0 Å². The highest BCUT2D eigenvalue weighted by atomic mass is 14.7. The molecule has 0 unspecified atom stereocenters. The van der Waals surface area contributed by atoms with E-state index in [1.165, 1.54) is 24.1 Å². The first-order valence-corrected chi connectivity index (χ1v) is 5.89. The van der Waals surface area contributed by atoms with Gasteiger partial charge in [-0.05, 0) is 38.3 Å². The smallest absolute Gasteiger partial charge is 0.0629 e. The van der Waals surface area contributed by atoms with E-state index in [-0.39, 0.29) is 0 Å². The van der Waals surface area contributed by atoms with E-state index in [1.54, 1.807) is 0 Å². The summed E-state index contributed by atoms with van der Waals surface area (Å²) < 4.78 is 0. The molecule has 0 aliphatic heterocycles. The average molecular weight is 203 g/mol. The number of nitrogens with zero attached hydrogens (tertiary/aromatic N) is 1. The molecule has 0 saturated carbocycles. The highest BCUT2D eigenvalue weighted by Crippen LogP contribution is 2.15. The number of benzene rings is 1. The maximum absolute atomic E-state index is 4.67. The summed E-state index contributed by atoms with van der Waals surface area (Å²) in [6.07, 6.45) is 4.69. The standard InChI is InChI=1S/C14H21N/c1-4-6-7-13(5-2)15-14-10-8-12(3)9-11-14/h8-11H,4-7H2,1-3H3. The van der Waals surface area contributed by atoms with Gasteiger partial charge in [0, 0.05) is 5.71 Å². The molecule has 0 spiro atoms. The van der Waals surface area contributed by atoms with Gasteiger partial charge in [-0.3, -0.25) is 4.99 Å². The molecule has 0 heterocycles. The molecule has 0 aliphatic carbocycles. The van der Waals surface area contributed by atoms with Crippen LogP contribution in [-0.2, 0) is 0 Å². The summed E-state index contributed by atoms with van der Waals surface area (Å²) in [6, 6.07) is 8.42. The maximum atomic E-state index is 4.67. The van der Waals surface area contributed by atoms with Gasteiger partial charge in [0.25, 0.3) is 0 Å². The van der Waals surface area contributed by atoms with Crippen LogP contribution in [-0.4, -0.2) is 5.71 Å². The van der Waals surface area contributed by atoms with E-state index in [9.17, 15) is 0 Å². The topological polar surface area (TPSA) is 12.4 Å². The molecular formula is C14H21N. The summed E-state index contributed by atoms with van der Waals surface area (Å²) in [7, 11) is 0. The van der Waals surface area contributed by atoms with Crippen LogP contribution < -0.4 is 0 Å². The van der Waals surface area contributed by atoms with Crippen molar-refractivity contribution in [2.45, 2.75) is 46.5 Å². The first-order chi connectivity index (χ1) is 7.26. The van der Waals surface area contributed by atoms with Gasteiger partial charge in [0.05, 0.1) is 5.69 Å². The number of rotatable bonds is 5. The molecule has 0 saturated heterocycles. The molecule has 0 bridgehead atoms. The molecule has 0 aliphatic rings. The zero-order chi connectivity index (χ0) is 11.1. The van der Waals surface area contributed by atoms with Gasteiger partial charge in [-0.15, -0.1) is 0 Å². The predicted octanol–water partition coefficient (Wildman–Crippen LogP) is 4.67. The van der Waals surface area contributed by atoms with Crippen molar-refractivity contribution in [3.8, 4) is 0 Å². The zero-order valence-corrected chi connectivity index (χ0v) is 10.1. The summed E-state index contributed by atoms with van der Waals surface area (Å²) >= 11 is 0. The fraction of sp³-hybridized carbons (Fsp3) is 0.500. The molecule has 15 heavy (non-hydrogen) atoms. The lowest BCUT2D eigenvalue weighted by atomic mass is 10.1. The van der Waals surface area contributed by atoms with Crippen LogP contribution in [0.4, 0.5) is 5.69 Å². The molecule has 0 radical (unpaired) electrons. The van der Waals surface area contributed by atoms with Crippen LogP contribution >= 0.6 is 0 Å². The van der Waals surface area contributed by atoms with Crippen LogP contribution in [0.15, 0.2) is 29.3 Å². The highest BCUT2D eigenvalue weighted by Gasteiger charge is 1.96. The Hall–Kier alpha value is -1.11. The van der Waals surface area contributed by atoms with E-state index in [0.717, 1.165) is 18.5 Å². The third kappa shape index (κ3) is 4.28. The third-order valence-corrected chi connectivity index (χ3v) is 2.55. The van der Waals surface area contributed by atoms with E-state index in [0.29, 0.717) is 0 Å². The fourth-order valence-corrected chi connectivity index (χ4v) is 1.49. The Morgan fingerprint density at radius 2 is 1.80 bits per heavy atom. The molecule has 1 aromatic rings. The van der Waals surface area contributed by atoms with Crippen molar-refractivity contribution < 1.29 is 0 Å². The molecule has 0 aromatic heterocycles. The Morgan fingerprint density at radius 1 is 1.13 bits per heavy atom. The largest absolute Gasteiger partial charge is 0.258 e. The highest BCUT2D eigenvalue weighted by molar-refractivity contribution is 5.86. The van der Waals surface area contributed by atoms with Crippen LogP contribution in [0.2, 0.25) is 0 Å². The van der Waals surface area contributed by atoms with Gasteiger partial charge >= 0.3 is 0 Å². The molecule has 1 aromatic carbocycles. The minimum atomic E-state index is 1.06. The molecule has 0 fully saturated rings. The van der Waals surface area contributed by atoms with Crippen LogP contribution in [0, 0.1) is 6.92 Å². The van der Waals surface area contributed by atoms with E-state index in [4.69, 9.17) is 0 Å². The summed E-state index contributed by atoms with van der Waals surface area (Å²) in [5.74, 6) is 0. The second-order valence-electron chi connectivity index (χ2n) is 3.97. The van der Waals surface area contributed by atoms with Crippen molar-refractivity contribution in [2.24, 2.45) is 4.99 Å². The third-order valence-electron chi connectivity index (χ3n) is 2.55. The van der Waals surface area contributed by atoms with E-state index >= 15 is 0 Å². The molecule has 1 nitrogen and oxygen atoms in total. The lowest BCUT2D eigenvalue weighted by Crippen LogP contribution is -1.94. The second-order valence-corrected chi connectivity index (χ2v) is 3.97. The Kier molecular flexibility index (Phi) is 5.09. The van der Waals surface area contributed by atoms with Crippen molar-refractivity contribution in [2.75, 3.05) is 0 Å². The van der Waals surface area contributed by atoms with Gasteiger partial charge < -0.3 is 0 Å². The lowest BCUT2D eigenvalue weighted by Gasteiger charge is -2.03. The van der Waals surface area contributed by atoms with Gasteiger partial charge in [0.1, 0.15) is 0 Å². The van der Waals surface area contributed by atoms with Crippen molar-refractivity contribution >= 4 is 11.4 Å². The first kappa shape index (κ1) is 12.0. The Labute approximate surface area is 93.2 Å². The molecule has 1 rings (SSSR count). The second kappa shape index (κ2) is 6.39. The van der Waals surface area contributed by atoms with E-state index < -0.39 is 0 Å². The quantitative estimate of drug-likeness (QED) is 0.617. The fourth-order valence-electron chi connectivity index (χ4n) is 1.49. The van der Waals surface area contributed by atoms with Crippen molar-refractivity contribution in [3.63, 3.8) is 0 Å². The van der Waals surface area contributed by atoms with E-state index in [1.807, 2.05) is 0 Å². The summed E-state index contributed by atoms with van der Waals surface area (Å²) in [5.41, 5.74) is 3.70. The maximum Gasteiger partial charge on any atom is 0.0629 e. The van der Waals surface area contributed by atoms with Crippen molar-refractivity contribution in [1.29, 1.82) is 0 Å². The summed E-state index contributed by atoms with van der Waals surface area (Å²) in [6.45, 7) is 6.51. The van der Waals surface area contributed by atoms with Crippen LogP contribution in [0.1, 0.15) is 45.1 Å². The SMILES string of the molecule is CCCCC(CC)=Nc1ccc(C)cc1. The van der Waals surface area contributed by atoms with Gasteiger partial charge in [0.15, 0.2) is 0 Å². The minimum absolute atomic E-state index is 1.06. The van der Waals surface area contributed by atoms with Gasteiger partial charge in [-0.25, -0.2) is 0 Å². The molecule has 0 atom stereocenters. The lowest BCUT2D eigenvalue weighted by molar-refractivity contribution is 0.826. The monoisotopic (exact) mass is 203 g/mol. The number of aryl methyl sites for hydroxylation is 1. The Bertz CT molecular complexity index is 309.